The lowest BCUT2D eigenvalue weighted by atomic mass is 10.1. The van der Waals surface area contributed by atoms with Crippen LogP contribution in [0.3, 0.4) is 0 Å². The average Bonchev–Trinajstić information content (AvgIpc) is 2.32. The molecule has 0 fully saturated rings. The molecule has 1 nitrogen and oxygen atoms in total. The number of rotatable bonds is 4. The summed E-state index contributed by atoms with van der Waals surface area (Å²) in [6.07, 6.45) is 1.07. The summed E-state index contributed by atoms with van der Waals surface area (Å²) in [5.41, 5.74) is 2.56. The second-order valence-electron chi connectivity index (χ2n) is 3.53. The Bertz CT molecular complexity index is 350. The van der Waals surface area contributed by atoms with Crippen molar-refractivity contribution in [3.8, 4) is 0 Å². The second-order valence-corrected chi connectivity index (χ2v) is 3.53. The molecule has 2 aromatic rings. The molecule has 2 aromatic carbocycles. The van der Waals surface area contributed by atoms with Crippen molar-refractivity contribution in [1.82, 2.24) is 0 Å². The van der Waals surface area contributed by atoms with Gasteiger partial charge in [-0.05, 0) is 24.1 Å². The van der Waals surface area contributed by atoms with Crippen molar-refractivity contribution in [2.24, 2.45) is 0 Å². The first kappa shape index (κ1) is 15.8. The van der Waals surface area contributed by atoms with Gasteiger partial charge >= 0.3 is 0 Å². The van der Waals surface area contributed by atoms with Crippen LogP contribution in [0.15, 0.2) is 60.7 Å². The van der Waals surface area contributed by atoms with Gasteiger partial charge in [0.15, 0.2) is 0 Å². The van der Waals surface area contributed by atoms with Crippen molar-refractivity contribution in [2.45, 2.75) is 6.42 Å². The van der Waals surface area contributed by atoms with Crippen LogP contribution in [-0.4, -0.2) is 6.54 Å². The van der Waals surface area contributed by atoms with Gasteiger partial charge < -0.3 is 5.32 Å². The third-order valence-corrected chi connectivity index (χ3v) is 2.36. The van der Waals surface area contributed by atoms with Crippen LogP contribution < -0.4 is 5.32 Å². The number of benzene rings is 2. The van der Waals surface area contributed by atoms with E-state index >= 15 is 0 Å². The van der Waals surface area contributed by atoms with E-state index in [0.29, 0.717) is 0 Å². The molecule has 0 atom stereocenters. The van der Waals surface area contributed by atoms with Gasteiger partial charge in [0.2, 0.25) is 0 Å². The fourth-order valence-corrected chi connectivity index (χ4v) is 1.55. The summed E-state index contributed by atoms with van der Waals surface area (Å²) < 4.78 is 0. The maximum absolute atomic E-state index is 3.39. The summed E-state index contributed by atoms with van der Waals surface area (Å²) >= 11 is 0. The van der Waals surface area contributed by atoms with Crippen molar-refractivity contribution >= 4 is 30.5 Å². The summed E-state index contributed by atoms with van der Waals surface area (Å²) in [6, 6.07) is 20.8. The first-order valence-electron chi connectivity index (χ1n) is 5.28. The predicted molar refractivity (Wildman–Crippen MR) is 79.6 cm³/mol. The van der Waals surface area contributed by atoms with Gasteiger partial charge in [-0.15, -0.1) is 24.8 Å². The number of nitrogens with one attached hydrogen (secondary N) is 1. The van der Waals surface area contributed by atoms with Gasteiger partial charge in [-0.1, -0.05) is 48.5 Å². The molecule has 0 aliphatic rings. The third-order valence-electron chi connectivity index (χ3n) is 2.36. The van der Waals surface area contributed by atoms with E-state index in [1.807, 2.05) is 24.3 Å². The SMILES string of the molecule is Cl.Cl.c1ccc(CCNc2ccccc2)cc1. The highest BCUT2D eigenvalue weighted by atomic mass is 35.5. The van der Waals surface area contributed by atoms with Crippen molar-refractivity contribution in [1.29, 1.82) is 0 Å². The van der Waals surface area contributed by atoms with E-state index in [9.17, 15) is 0 Å². The van der Waals surface area contributed by atoms with Gasteiger partial charge in [0, 0.05) is 12.2 Å². The fourth-order valence-electron chi connectivity index (χ4n) is 1.55. The van der Waals surface area contributed by atoms with Crippen molar-refractivity contribution < 1.29 is 0 Å². The summed E-state index contributed by atoms with van der Waals surface area (Å²) in [4.78, 5) is 0. The Morgan fingerprint density at radius 2 is 1.24 bits per heavy atom. The van der Waals surface area contributed by atoms with Crippen LogP contribution in [0.25, 0.3) is 0 Å². The van der Waals surface area contributed by atoms with Gasteiger partial charge in [0.05, 0.1) is 0 Å². The van der Waals surface area contributed by atoms with E-state index in [1.165, 1.54) is 11.3 Å². The molecule has 0 spiro atoms. The molecule has 0 aromatic heterocycles. The van der Waals surface area contributed by atoms with Crippen molar-refractivity contribution in [2.75, 3.05) is 11.9 Å². The van der Waals surface area contributed by atoms with Gasteiger partial charge in [-0.2, -0.15) is 0 Å². The molecule has 17 heavy (non-hydrogen) atoms. The largest absolute Gasteiger partial charge is 0.385 e. The standard InChI is InChI=1S/C14H15N.2ClH/c1-3-7-13(8-4-1)11-12-15-14-9-5-2-6-10-14;;/h1-10,15H,11-12H2;2*1H. The molecule has 1 N–H and O–H groups in total. The van der Waals surface area contributed by atoms with Crippen molar-refractivity contribution in [3.63, 3.8) is 0 Å². The Kier molecular flexibility index (Phi) is 8.29. The molecule has 0 saturated carbocycles. The Balaban J connectivity index is 0.00000128. The number of halogens is 2. The van der Waals surface area contributed by atoms with Crippen LogP contribution in [0.4, 0.5) is 5.69 Å². The van der Waals surface area contributed by atoms with Crippen LogP contribution >= 0.6 is 24.8 Å². The molecule has 92 valence electrons. The van der Waals surface area contributed by atoms with Crippen LogP contribution in [0.1, 0.15) is 5.56 Å². The smallest absolute Gasteiger partial charge is 0.0340 e. The van der Waals surface area contributed by atoms with Crippen LogP contribution in [-0.2, 0) is 6.42 Å². The molecule has 0 unspecified atom stereocenters. The molecule has 0 amide bonds. The number of hydrogen-bond acceptors (Lipinski definition) is 1. The molecule has 0 bridgehead atoms. The highest BCUT2D eigenvalue weighted by Crippen LogP contribution is 2.05. The Hall–Kier alpha value is -1.18. The fraction of sp³-hybridized carbons (Fsp3) is 0.143. The van der Waals surface area contributed by atoms with E-state index in [-0.39, 0.29) is 24.8 Å². The monoisotopic (exact) mass is 269 g/mol. The minimum Gasteiger partial charge on any atom is -0.385 e. The molecule has 2 rings (SSSR count). The van der Waals surface area contributed by atoms with Crippen LogP contribution in [0, 0.1) is 0 Å². The van der Waals surface area contributed by atoms with E-state index in [4.69, 9.17) is 0 Å². The van der Waals surface area contributed by atoms with Crippen LogP contribution in [0.5, 0.6) is 0 Å². The third kappa shape index (κ3) is 5.62. The maximum Gasteiger partial charge on any atom is 0.0340 e. The highest BCUT2D eigenvalue weighted by molar-refractivity contribution is 5.85. The summed E-state index contributed by atoms with van der Waals surface area (Å²) in [6.45, 7) is 0.980. The lowest BCUT2D eigenvalue weighted by Crippen LogP contribution is -2.04. The summed E-state index contributed by atoms with van der Waals surface area (Å²) in [5, 5.41) is 3.39. The molecular weight excluding hydrogens is 253 g/mol. The first-order valence-corrected chi connectivity index (χ1v) is 5.28. The number of anilines is 1. The highest BCUT2D eigenvalue weighted by Gasteiger charge is 1.91. The van der Waals surface area contributed by atoms with Gasteiger partial charge in [0.1, 0.15) is 0 Å². The Morgan fingerprint density at radius 3 is 1.82 bits per heavy atom. The zero-order valence-corrected chi connectivity index (χ0v) is 11.1. The quantitative estimate of drug-likeness (QED) is 0.878. The first-order chi connectivity index (χ1) is 7.45. The minimum atomic E-state index is 0. The molecule has 0 saturated heterocycles. The molecule has 3 heteroatoms. The Morgan fingerprint density at radius 1 is 0.706 bits per heavy atom. The minimum absolute atomic E-state index is 0. The lowest BCUT2D eigenvalue weighted by molar-refractivity contribution is 1.02. The zero-order valence-electron chi connectivity index (χ0n) is 9.50. The number of para-hydroxylation sites is 1. The van der Waals surface area contributed by atoms with Gasteiger partial charge in [-0.3, -0.25) is 0 Å². The van der Waals surface area contributed by atoms with Gasteiger partial charge in [-0.25, -0.2) is 0 Å². The molecule has 0 radical (unpaired) electrons. The van der Waals surface area contributed by atoms with E-state index < -0.39 is 0 Å². The second kappa shape index (κ2) is 8.91. The zero-order chi connectivity index (χ0) is 10.3. The van der Waals surface area contributed by atoms with Crippen LogP contribution in [0.2, 0.25) is 0 Å². The van der Waals surface area contributed by atoms with Crippen molar-refractivity contribution in [3.05, 3.63) is 66.2 Å². The topological polar surface area (TPSA) is 12.0 Å². The molecular formula is C14H17Cl2N. The van der Waals surface area contributed by atoms with E-state index in [2.05, 4.69) is 41.7 Å². The summed E-state index contributed by atoms with van der Waals surface area (Å²) in [5.74, 6) is 0. The average molecular weight is 270 g/mol. The predicted octanol–water partition coefficient (Wildman–Crippen LogP) is 4.18. The molecule has 0 aliphatic carbocycles. The normalized spacial score (nSPS) is 8.71. The van der Waals surface area contributed by atoms with E-state index in [1.54, 1.807) is 0 Å². The van der Waals surface area contributed by atoms with Gasteiger partial charge in [0.25, 0.3) is 0 Å². The Labute approximate surface area is 115 Å². The molecule has 0 heterocycles. The van der Waals surface area contributed by atoms with E-state index in [0.717, 1.165) is 13.0 Å². The maximum atomic E-state index is 3.39. The lowest BCUT2D eigenvalue weighted by Gasteiger charge is -2.05. The molecule has 0 aliphatic heterocycles. The summed E-state index contributed by atoms with van der Waals surface area (Å²) in [7, 11) is 0. The number of hydrogen-bond donors (Lipinski definition) is 1.